The molecule has 0 unspecified atom stereocenters. The Morgan fingerprint density at radius 3 is 2.29 bits per heavy atom. The van der Waals surface area contributed by atoms with Crippen molar-refractivity contribution in [1.82, 2.24) is 4.98 Å². The van der Waals surface area contributed by atoms with Gasteiger partial charge in [-0.3, -0.25) is 4.98 Å². The zero-order chi connectivity index (χ0) is 24.1. The van der Waals surface area contributed by atoms with Crippen LogP contribution in [-0.4, -0.2) is 23.1 Å². The minimum Gasteiger partial charge on any atom is -0.383 e. The first-order valence-corrected chi connectivity index (χ1v) is 10.4. The van der Waals surface area contributed by atoms with Gasteiger partial charge >= 0.3 is 18.1 Å². The number of nitrogens with one attached hydrogen (secondary N) is 1. The molecule has 1 aromatic heterocycles. The van der Waals surface area contributed by atoms with E-state index in [2.05, 4.69) is 15.0 Å². The summed E-state index contributed by atoms with van der Waals surface area (Å²) in [4.78, 5) is 27.9. The molecular formula is C26H19F3N2O3. The molecule has 3 aromatic carbocycles. The van der Waals surface area contributed by atoms with Gasteiger partial charge in [0.05, 0.1) is 23.1 Å². The van der Waals surface area contributed by atoms with Gasteiger partial charge in [0.15, 0.2) is 0 Å². The molecule has 0 spiro atoms. The van der Waals surface area contributed by atoms with E-state index in [1.165, 1.54) is 6.07 Å². The number of benzene rings is 3. The van der Waals surface area contributed by atoms with Crippen LogP contribution in [0.25, 0.3) is 10.8 Å². The zero-order valence-corrected chi connectivity index (χ0v) is 17.8. The molecule has 4 aromatic rings. The van der Waals surface area contributed by atoms with E-state index in [-0.39, 0.29) is 11.3 Å². The number of ether oxygens (including phenoxy) is 1. The summed E-state index contributed by atoms with van der Waals surface area (Å²) in [6, 6.07) is 21.8. The Labute approximate surface area is 193 Å². The second-order valence-corrected chi connectivity index (χ2v) is 7.57. The Hall–Kier alpha value is -4.20. The lowest BCUT2D eigenvalue weighted by atomic mass is 10.0. The molecule has 0 bridgehead atoms. The number of esters is 2. The summed E-state index contributed by atoms with van der Waals surface area (Å²) in [5, 5.41) is 4.73. The van der Waals surface area contributed by atoms with Crippen LogP contribution in [0.15, 0.2) is 85.2 Å². The molecule has 172 valence electrons. The van der Waals surface area contributed by atoms with Crippen LogP contribution in [0.5, 0.6) is 0 Å². The molecule has 0 aliphatic heterocycles. The Bertz CT molecular complexity index is 1330. The first-order chi connectivity index (χ1) is 16.3. The van der Waals surface area contributed by atoms with Gasteiger partial charge in [-0.25, -0.2) is 9.59 Å². The quantitative estimate of drug-likeness (QED) is 0.280. The topological polar surface area (TPSA) is 68.3 Å². The predicted octanol–water partition coefficient (Wildman–Crippen LogP) is 6.01. The van der Waals surface area contributed by atoms with Gasteiger partial charge in [-0.05, 0) is 36.1 Å². The fourth-order valence-corrected chi connectivity index (χ4v) is 3.52. The van der Waals surface area contributed by atoms with Crippen molar-refractivity contribution in [3.05, 3.63) is 102 Å². The molecule has 0 atom stereocenters. The smallest absolute Gasteiger partial charge is 0.383 e. The Kier molecular flexibility index (Phi) is 6.58. The second kappa shape index (κ2) is 9.74. The van der Waals surface area contributed by atoms with Crippen molar-refractivity contribution in [2.45, 2.75) is 19.0 Å². The molecule has 8 heteroatoms. The second-order valence-electron chi connectivity index (χ2n) is 7.57. The third-order valence-corrected chi connectivity index (χ3v) is 5.20. The van der Waals surface area contributed by atoms with Gasteiger partial charge in [0, 0.05) is 17.0 Å². The lowest BCUT2D eigenvalue weighted by Crippen LogP contribution is -2.28. The number of nitrogens with zero attached hydrogens (tertiary/aromatic N) is 1. The van der Waals surface area contributed by atoms with Crippen molar-refractivity contribution in [2.75, 3.05) is 5.32 Å². The van der Waals surface area contributed by atoms with Crippen LogP contribution in [0.4, 0.5) is 24.5 Å². The number of halogens is 3. The highest BCUT2D eigenvalue weighted by Gasteiger charge is 2.42. The maximum Gasteiger partial charge on any atom is 0.491 e. The lowest BCUT2D eigenvalue weighted by Gasteiger charge is -2.15. The van der Waals surface area contributed by atoms with Gasteiger partial charge in [-0.1, -0.05) is 60.7 Å². The molecule has 0 aliphatic carbocycles. The summed E-state index contributed by atoms with van der Waals surface area (Å²) < 4.78 is 41.9. The fraction of sp³-hybridized carbons (Fsp3) is 0.115. The van der Waals surface area contributed by atoms with Crippen LogP contribution >= 0.6 is 0 Å². The highest BCUT2D eigenvalue weighted by Crippen LogP contribution is 2.29. The Morgan fingerprint density at radius 1 is 0.824 bits per heavy atom. The van der Waals surface area contributed by atoms with E-state index in [0.29, 0.717) is 12.1 Å². The van der Waals surface area contributed by atoms with Gasteiger partial charge in [0.25, 0.3) is 0 Å². The van der Waals surface area contributed by atoms with Crippen molar-refractivity contribution in [1.29, 1.82) is 0 Å². The summed E-state index contributed by atoms with van der Waals surface area (Å²) in [5.74, 6) is -3.96. The van der Waals surface area contributed by atoms with Crippen LogP contribution < -0.4 is 5.32 Å². The maximum absolute atomic E-state index is 12.6. The molecule has 0 fully saturated rings. The van der Waals surface area contributed by atoms with Gasteiger partial charge in [-0.15, -0.1) is 0 Å². The standard InChI is InChI=1S/C26H19F3N2O3/c27-26(28,29)25(33)34-24(32)21-13-12-18(11-10-17-6-2-1-3-7-17)14-22(21)31-23-16-30-15-19-8-4-5-9-20(19)23/h1-9,12-16,31H,10-11H2. The van der Waals surface area contributed by atoms with Gasteiger partial charge in [0.1, 0.15) is 0 Å². The van der Waals surface area contributed by atoms with Crippen LogP contribution in [0.1, 0.15) is 21.5 Å². The fourth-order valence-electron chi connectivity index (χ4n) is 3.52. The largest absolute Gasteiger partial charge is 0.491 e. The summed E-state index contributed by atoms with van der Waals surface area (Å²) in [6.07, 6.45) is -0.697. The third kappa shape index (κ3) is 5.40. The minimum atomic E-state index is -5.28. The van der Waals surface area contributed by atoms with Crippen molar-refractivity contribution in [3.8, 4) is 0 Å². The molecule has 0 saturated carbocycles. The summed E-state index contributed by atoms with van der Waals surface area (Å²) in [7, 11) is 0. The van der Waals surface area contributed by atoms with E-state index in [1.54, 1.807) is 24.5 Å². The molecule has 5 nitrogen and oxygen atoms in total. The molecule has 0 saturated heterocycles. The lowest BCUT2D eigenvalue weighted by molar-refractivity contribution is -0.193. The highest BCUT2D eigenvalue weighted by molar-refractivity contribution is 6.04. The number of fused-ring (bicyclic) bond motifs is 1. The number of hydrogen-bond donors (Lipinski definition) is 1. The number of anilines is 2. The van der Waals surface area contributed by atoms with Crippen molar-refractivity contribution >= 4 is 34.1 Å². The average Bonchev–Trinajstić information content (AvgIpc) is 2.83. The van der Waals surface area contributed by atoms with Crippen LogP contribution in [0, 0.1) is 0 Å². The van der Waals surface area contributed by atoms with Crippen molar-refractivity contribution in [3.63, 3.8) is 0 Å². The Morgan fingerprint density at radius 2 is 1.53 bits per heavy atom. The van der Waals surface area contributed by atoms with Gasteiger partial charge < -0.3 is 10.1 Å². The first kappa shape index (κ1) is 23.0. The van der Waals surface area contributed by atoms with Crippen LogP contribution in [-0.2, 0) is 22.4 Å². The summed E-state index contributed by atoms with van der Waals surface area (Å²) >= 11 is 0. The number of rotatable bonds is 6. The molecule has 1 heterocycles. The van der Waals surface area contributed by atoms with E-state index in [0.717, 1.165) is 28.3 Å². The maximum atomic E-state index is 12.6. The molecular weight excluding hydrogens is 445 g/mol. The predicted molar refractivity (Wildman–Crippen MR) is 122 cm³/mol. The molecule has 0 amide bonds. The van der Waals surface area contributed by atoms with Crippen molar-refractivity contribution < 1.29 is 27.5 Å². The van der Waals surface area contributed by atoms with E-state index in [4.69, 9.17) is 0 Å². The normalized spacial score (nSPS) is 11.3. The van der Waals surface area contributed by atoms with Crippen molar-refractivity contribution in [2.24, 2.45) is 0 Å². The minimum absolute atomic E-state index is 0.200. The highest BCUT2D eigenvalue weighted by atomic mass is 19.4. The number of hydrogen-bond acceptors (Lipinski definition) is 5. The molecule has 0 aliphatic rings. The van der Waals surface area contributed by atoms with E-state index < -0.39 is 18.1 Å². The summed E-state index contributed by atoms with van der Waals surface area (Å²) in [6.45, 7) is 0. The average molecular weight is 464 g/mol. The number of aryl methyl sites for hydroxylation is 2. The molecule has 4 rings (SSSR count). The SMILES string of the molecule is O=C(OC(=O)C(F)(F)F)c1ccc(CCc2ccccc2)cc1Nc1cncc2ccccc12. The molecule has 0 radical (unpaired) electrons. The van der Waals surface area contributed by atoms with Gasteiger partial charge in [-0.2, -0.15) is 13.2 Å². The first-order valence-electron chi connectivity index (χ1n) is 10.4. The van der Waals surface area contributed by atoms with E-state index in [1.807, 2.05) is 54.6 Å². The molecule has 1 N–H and O–H groups in total. The van der Waals surface area contributed by atoms with Gasteiger partial charge in [0.2, 0.25) is 0 Å². The number of carbonyl (C=O) groups excluding carboxylic acids is 2. The molecule has 34 heavy (non-hydrogen) atoms. The third-order valence-electron chi connectivity index (χ3n) is 5.20. The van der Waals surface area contributed by atoms with E-state index >= 15 is 0 Å². The van der Waals surface area contributed by atoms with E-state index in [9.17, 15) is 22.8 Å². The number of alkyl halides is 3. The summed E-state index contributed by atoms with van der Waals surface area (Å²) in [5.41, 5.74) is 2.53. The number of carbonyl (C=O) groups is 2. The Balaban J connectivity index is 1.67. The number of pyridine rings is 1. The van der Waals surface area contributed by atoms with Crippen LogP contribution in [0.3, 0.4) is 0 Å². The zero-order valence-electron chi connectivity index (χ0n) is 17.8. The number of aromatic nitrogens is 1. The monoisotopic (exact) mass is 464 g/mol. The van der Waals surface area contributed by atoms with Crippen LogP contribution in [0.2, 0.25) is 0 Å².